The quantitative estimate of drug-likeness (QED) is 0.215. The van der Waals surface area contributed by atoms with Crippen LogP contribution < -0.4 is 0 Å². The van der Waals surface area contributed by atoms with Gasteiger partial charge in [0.2, 0.25) is 5.82 Å². The number of benzene rings is 3. The molecule has 1 fully saturated rings. The Balaban J connectivity index is 1.22. The van der Waals surface area contributed by atoms with Gasteiger partial charge in [-0.1, -0.05) is 112 Å². The van der Waals surface area contributed by atoms with Gasteiger partial charge in [-0.05, 0) is 59.1 Å². The number of aliphatic imine (C=N–C) groups is 1. The number of aromatic amines is 1. The highest BCUT2D eigenvalue weighted by atomic mass is 15.5. The van der Waals surface area contributed by atoms with E-state index in [1.165, 1.54) is 54.8 Å². The molecule has 2 unspecified atom stereocenters. The summed E-state index contributed by atoms with van der Waals surface area (Å²) in [6, 6.07) is 28.4. The van der Waals surface area contributed by atoms with E-state index >= 15 is 0 Å². The lowest BCUT2D eigenvalue weighted by atomic mass is 9.86. The molecule has 0 amide bonds. The van der Waals surface area contributed by atoms with Crippen LogP contribution in [0.3, 0.4) is 0 Å². The predicted molar refractivity (Wildman–Crippen MR) is 180 cm³/mol. The zero-order valence-electron chi connectivity index (χ0n) is 26.7. The molecular formula is C37H44N8. The molecule has 8 heteroatoms. The third-order valence-electron chi connectivity index (χ3n) is 9.60. The highest BCUT2D eigenvalue weighted by molar-refractivity contribution is 6.00. The number of tetrazole rings is 1. The van der Waals surface area contributed by atoms with Gasteiger partial charge in [0.15, 0.2) is 5.84 Å². The van der Waals surface area contributed by atoms with Crippen molar-refractivity contribution >= 4 is 5.84 Å². The number of aromatic nitrogens is 4. The highest BCUT2D eigenvalue weighted by Gasteiger charge is 2.41. The van der Waals surface area contributed by atoms with Gasteiger partial charge < -0.3 is 14.7 Å². The van der Waals surface area contributed by atoms with Gasteiger partial charge in [-0.25, -0.2) is 4.99 Å². The maximum atomic E-state index is 5.57. The zero-order chi connectivity index (χ0) is 30.8. The molecule has 3 aliphatic rings. The van der Waals surface area contributed by atoms with Crippen molar-refractivity contribution in [2.75, 3.05) is 13.2 Å². The molecule has 1 N–H and O–H groups in total. The zero-order valence-corrected chi connectivity index (χ0v) is 26.7. The van der Waals surface area contributed by atoms with Gasteiger partial charge in [-0.2, -0.15) is 5.21 Å². The smallest absolute Gasteiger partial charge is 0.205 e. The fourth-order valence-corrected chi connectivity index (χ4v) is 7.27. The minimum atomic E-state index is 0.173. The molecule has 0 bridgehead atoms. The molecule has 4 aromatic rings. The van der Waals surface area contributed by atoms with E-state index in [1.54, 1.807) is 0 Å². The van der Waals surface area contributed by atoms with Crippen LogP contribution in [-0.2, 0) is 6.54 Å². The van der Waals surface area contributed by atoms with E-state index in [0.29, 0.717) is 17.7 Å². The third kappa shape index (κ3) is 6.10. The van der Waals surface area contributed by atoms with Gasteiger partial charge in [0.05, 0.1) is 18.4 Å². The summed E-state index contributed by atoms with van der Waals surface area (Å²) in [5.41, 5.74) is 7.11. The van der Waals surface area contributed by atoms with Crippen LogP contribution >= 0.6 is 0 Å². The molecule has 2 atom stereocenters. The Bertz CT molecular complexity index is 1620. The number of nitrogens with zero attached hydrogens (tertiary/aromatic N) is 7. The first-order valence-electron chi connectivity index (χ1n) is 16.6. The molecule has 45 heavy (non-hydrogen) atoms. The molecule has 7 rings (SSSR count). The lowest BCUT2D eigenvalue weighted by Gasteiger charge is -2.42. The van der Waals surface area contributed by atoms with E-state index < -0.39 is 0 Å². The Kier molecular flexibility index (Phi) is 8.37. The average Bonchev–Trinajstić information content (AvgIpc) is 3.75. The molecule has 1 saturated carbocycles. The summed E-state index contributed by atoms with van der Waals surface area (Å²) in [6.45, 7) is 9.63. The van der Waals surface area contributed by atoms with Gasteiger partial charge in [0.1, 0.15) is 6.17 Å². The molecule has 8 nitrogen and oxygen atoms in total. The van der Waals surface area contributed by atoms with Crippen LogP contribution in [0.1, 0.15) is 70.0 Å². The SMILES string of the molecule is CC(C)CN1CN(C(C)c2ccccc2)C=C2C1=NC(C1CCCCC1)N2Cc1ccc(-c2ccccc2-c2nn[nH]n2)cc1. The van der Waals surface area contributed by atoms with Gasteiger partial charge >= 0.3 is 0 Å². The normalized spacial score (nSPS) is 19.5. The van der Waals surface area contributed by atoms with Gasteiger partial charge in [0, 0.05) is 24.9 Å². The summed E-state index contributed by atoms with van der Waals surface area (Å²) in [5.74, 6) is 2.92. The average molecular weight is 601 g/mol. The number of amidine groups is 1. The summed E-state index contributed by atoms with van der Waals surface area (Å²) in [7, 11) is 0. The molecule has 2 aliphatic heterocycles. The Morgan fingerprint density at radius 1 is 0.844 bits per heavy atom. The summed E-state index contributed by atoms with van der Waals surface area (Å²) in [4.78, 5) is 13.2. The van der Waals surface area contributed by atoms with Crippen LogP contribution in [-0.4, -0.2) is 60.5 Å². The van der Waals surface area contributed by atoms with Crippen LogP contribution in [0.15, 0.2) is 95.8 Å². The molecule has 232 valence electrons. The van der Waals surface area contributed by atoms with Crippen molar-refractivity contribution in [2.24, 2.45) is 16.8 Å². The van der Waals surface area contributed by atoms with Crippen molar-refractivity contribution in [1.29, 1.82) is 0 Å². The van der Waals surface area contributed by atoms with Gasteiger partial charge in [-0.3, -0.25) is 0 Å². The standard InChI is InChI=1S/C37H44N8/c1-26(2)22-44-25-43(27(3)29-12-6-4-7-13-29)24-34-37(44)38-36(31-14-8-5-9-15-31)45(34)23-28-18-20-30(21-19-28)32-16-10-11-17-33(32)35-39-41-42-40-35/h4,6-7,10-13,16-21,24,26-27,31,36H,5,8-9,14-15,22-23,25H2,1-3H3,(H,39,40,41,42). The lowest BCUT2D eigenvalue weighted by Crippen LogP contribution is -2.48. The molecule has 1 aliphatic carbocycles. The van der Waals surface area contributed by atoms with E-state index in [2.05, 4.69) is 129 Å². The first-order chi connectivity index (χ1) is 22.0. The number of H-pyrrole nitrogens is 1. The Morgan fingerprint density at radius 3 is 2.29 bits per heavy atom. The molecule has 3 heterocycles. The van der Waals surface area contributed by atoms with Crippen LogP contribution in [0, 0.1) is 11.8 Å². The van der Waals surface area contributed by atoms with E-state index in [-0.39, 0.29) is 12.2 Å². The van der Waals surface area contributed by atoms with E-state index in [0.717, 1.165) is 36.4 Å². The van der Waals surface area contributed by atoms with E-state index in [1.807, 2.05) is 12.1 Å². The fourth-order valence-electron chi connectivity index (χ4n) is 7.27. The fraction of sp³-hybridized carbons (Fsp3) is 0.405. The van der Waals surface area contributed by atoms with Crippen molar-refractivity contribution in [3.63, 3.8) is 0 Å². The van der Waals surface area contributed by atoms with Crippen LogP contribution in [0.4, 0.5) is 0 Å². The number of fused-ring (bicyclic) bond motifs is 1. The minimum absolute atomic E-state index is 0.173. The Hall–Kier alpha value is -4.46. The van der Waals surface area contributed by atoms with Crippen molar-refractivity contribution < 1.29 is 0 Å². The van der Waals surface area contributed by atoms with Gasteiger partial charge in [0.25, 0.3) is 0 Å². The number of nitrogens with one attached hydrogen (secondary N) is 1. The summed E-state index contributed by atoms with van der Waals surface area (Å²) in [6.07, 6.45) is 9.05. The number of hydrogen-bond donors (Lipinski definition) is 1. The summed E-state index contributed by atoms with van der Waals surface area (Å²) in [5, 5.41) is 14.8. The van der Waals surface area contributed by atoms with Crippen LogP contribution in [0.2, 0.25) is 0 Å². The summed E-state index contributed by atoms with van der Waals surface area (Å²) >= 11 is 0. The first kappa shape index (κ1) is 29.3. The largest absolute Gasteiger partial charge is 0.351 e. The monoisotopic (exact) mass is 600 g/mol. The lowest BCUT2D eigenvalue weighted by molar-refractivity contribution is 0.152. The maximum Gasteiger partial charge on any atom is 0.205 e. The van der Waals surface area contributed by atoms with Gasteiger partial charge in [-0.15, -0.1) is 10.2 Å². The van der Waals surface area contributed by atoms with Crippen LogP contribution in [0.5, 0.6) is 0 Å². The van der Waals surface area contributed by atoms with Crippen molar-refractivity contribution in [3.8, 4) is 22.5 Å². The Labute approximate surface area is 266 Å². The van der Waals surface area contributed by atoms with Crippen molar-refractivity contribution in [1.82, 2.24) is 35.3 Å². The summed E-state index contributed by atoms with van der Waals surface area (Å²) < 4.78 is 0. The second-order valence-electron chi connectivity index (χ2n) is 13.2. The molecule has 0 radical (unpaired) electrons. The van der Waals surface area contributed by atoms with Crippen molar-refractivity contribution in [3.05, 3.63) is 102 Å². The maximum absolute atomic E-state index is 5.57. The van der Waals surface area contributed by atoms with Crippen molar-refractivity contribution in [2.45, 2.75) is 71.6 Å². The highest BCUT2D eigenvalue weighted by Crippen LogP contribution is 2.39. The molecule has 3 aromatic carbocycles. The van der Waals surface area contributed by atoms with E-state index in [9.17, 15) is 0 Å². The number of rotatable bonds is 9. The predicted octanol–water partition coefficient (Wildman–Crippen LogP) is 7.49. The topological polar surface area (TPSA) is 76.5 Å². The first-order valence-corrected chi connectivity index (χ1v) is 16.6. The second-order valence-corrected chi connectivity index (χ2v) is 13.2. The molecule has 0 saturated heterocycles. The van der Waals surface area contributed by atoms with Crippen LogP contribution in [0.25, 0.3) is 22.5 Å². The molecule has 0 spiro atoms. The number of hydrogen-bond acceptors (Lipinski definition) is 7. The Morgan fingerprint density at radius 2 is 1.58 bits per heavy atom. The minimum Gasteiger partial charge on any atom is -0.351 e. The second kappa shape index (κ2) is 12.9. The van der Waals surface area contributed by atoms with E-state index in [4.69, 9.17) is 4.99 Å². The molecular weight excluding hydrogens is 556 g/mol. The third-order valence-corrected chi connectivity index (χ3v) is 9.60. The molecule has 1 aromatic heterocycles.